The largest absolute Gasteiger partial charge is 0.330 e. The van der Waals surface area contributed by atoms with Crippen LogP contribution in [-0.4, -0.2) is 6.54 Å². The number of hydrogen-bond acceptors (Lipinski definition) is 1. The summed E-state index contributed by atoms with van der Waals surface area (Å²) < 4.78 is 26.5. The number of aryl methyl sites for hydroxylation is 2. The second kappa shape index (κ2) is 5.81. The first kappa shape index (κ1) is 12.1. The molecular formula is C12H17F2N. The molecule has 15 heavy (non-hydrogen) atoms. The van der Waals surface area contributed by atoms with Crippen LogP contribution in [0.1, 0.15) is 30.4 Å². The molecule has 84 valence electrons. The van der Waals surface area contributed by atoms with Gasteiger partial charge in [-0.15, -0.1) is 0 Å². The van der Waals surface area contributed by atoms with Gasteiger partial charge in [-0.2, -0.15) is 0 Å². The van der Waals surface area contributed by atoms with Crippen molar-refractivity contribution < 1.29 is 8.78 Å². The first-order chi connectivity index (χ1) is 7.15. The predicted octanol–water partition coefficient (Wildman–Crippen LogP) is 2.94. The summed E-state index contributed by atoms with van der Waals surface area (Å²) in [5.41, 5.74) is 6.17. The fourth-order valence-corrected chi connectivity index (χ4v) is 1.52. The van der Waals surface area contributed by atoms with Crippen LogP contribution in [0.5, 0.6) is 0 Å². The molecule has 0 atom stereocenters. The van der Waals surface area contributed by atoms with E-state index < -0.39 is 0 Å². The second-order valence-corrected chi connectivity index (χ2v) is 3.79. The number of rotatable bonds is 5. The van der Waals surface area contributed by atoms with Crippen molar-refractivity contribution >= 4 is 0 Å². The van der Waals surface area contributed by atoms with E-state index in [4.69, 9.17) is 5.73 Å². The minimum atomic E-state index is -0.328. The molecule has 0 aliphatic carbocycles. The topological polar surface area (TPSA) is 26.0 Å². The van der Waals surface area contributed by atoms with Crippen molar-refractivity contribution in [3.05, 3.63) is 34.9 Å². The molecule has 0 unspecified atom stereocenters. The lowest BCUT2D eigenvalue weighted by Gasteiger charge is -2.05. The maximum Gasteiger partial charge on any atom is 0.126 e. The first-order valence-corrected chi connectivity index (χ1v) is 5.29. The normalized spacial score (nSPS) is 10.7. The van der Waals surface area contributed by atoms with Crippen LogP contribution in [0.2, 0.25) is 0 Å². The lowest BCUT2D eigenvalue weighted by Crippen LogP contribution is -1.99. The highest BCUT2D eigenvalue weighted by Crippen LogP contribution is 2.16. The van der Waals surface area contributed by atoms with Crippen molar-refractivity contribution in [3.63, 3.8) is 0 Å². The van der Waals surface area contributed by atoms with Crippen LogP contribution in [0.4, 0.5) is 8.78 Å². The van der Waals surface area contributed by atoms with Crippen LogP contribution in [0.15, 0.2) is 12.1 Å². The Hall–Kier alpha value is -0.960. The second-order valence-electron chi connectivity index (χ2n) is 3.79. The van der Waals surface area contributed by atoms with Crippen LogP contribution in [0.3, 0.4) is 0 Å². The molecule has 0 saturated carbocycles. The van der Waals surface area contributed by atoms with E-state index in [0.717, 1.165) is 19.3 Å². The zero-order valence-electron chi connectivity index (χ0n) is 9.02. The van der Waals surface area contributed by atoms with E-state index in [1.54, 1.807) is 6.92 Å². The standard InChI is InChI=1S/C12H17F2N/c1-9-7-12(14)10(8-11(9)13)5-3-2-4-6-15/h7-8H,2-6,15H2,1H3. The lowest BCUT2D eigenvalue weighted by atomic mass is 10.0. The van der Waals surface area contributed by atoms with Gasteiger partial charge in [-0.25, -0.2) is 8.78 Å². The van der Waals surface area contributed by atoms with Gasteiger partial charge >= 0.3 is 0 Å². The molecule has 1 rings (SSSR count). The number of benzene rings is 1. The zero-order chi connectivity index (χ0) is 11.3. The van der Waals surface area contributed by atoms with Crippen LogP contribution in [0.25, 0.3) is 0 Å². The number of unbranched alkanes of at least 4 members (excludes halogenated alkanes) is 2. The highest BCUT2D eigenvalue weighted by Gasteiger charge is 2.06. The molecule has 0 saturated heterocycles. The minimum Gasteiger partial charge on any atom is -0.330 e. The predicted molar refractivity (Wildman–Crippen MR) is 57.7 cm³/mol. The molecule has 0 aliphatic heterocycles. The first-order valence-electron chi connectivity index (χ1n) is 5.29. The molecule has 3 heteroatoms. The number of hydrogen-bond donors (Lipinski definition) is 1. The van der Waals surface area contributed by atoms with Gasteiger partial charge in [-0.1, -0.05) is 6.42 Å². The van der Waals surface area contributed by atoms with E-state index in [1.165, 1.54) is 12.1 Å². The molecule has 0 aromatic heterocycles. The Morgan fingerprint density at radius 3 is 2.47 bits per heavy atom. The summed E-state index contributed by atoms with van der Waals surface area (Å²) in [7, 11) is 0. The fraction of sp³-hybridized carbons (Fsp3) is 0.500. The van der Waals surface area contributed by atoms with Crippen molar-refractivity contribution in [1.82, 2.24) is 0 Å². The van der Waals surface area contributed by atoms with Gasteiger partial charge in [0.2, 0.25) is 0 Å². The Kier molecular flexibility index (Phi) is 4.69. The molecule has 1 nitrogen and oxygen atoms in total. The third-order valence-electron chi connectivity index (χ3n) is 2.48. The van der Waals surface area contributed by atoms with Gasteiger partial charge < -0.3 is 5.73 Å². The maximum atomic E-state index is 13.3. The Balaban J connectivity index is 2.57. The highest BCUT2D eigenvalue weighted by atomic mass is 19.1. The Morgan fingerprint density at radius 2 is 1.80 bits per heavy atom. The molecular weight excluding hydrogens is 196 g/mol. The van der Waals surface area contributed by atoms with Crippen molar-refractivity contribution in [2.24, 2.45) is 5.73 Å². The van der Waals surface area contributed by atoms with E-state index in [0.29, 0.717) is 24.1 Å². The van der Waals surface area contributed by atoms with Crippen LogP contribution in [-0.2, 0) is 6.42 Å². The molecule has 0 amide bonds. The fourth-order valence-electron chi connectivity index (χ4n) is 1.52. The van der Waals surface area contributed by atoms with E-state index in [2.05, 4.69) is 0 Å². The van der Waals surface area contributed by atoms with Gasteiger partial charge in [-0.3, -0.25) is 0 Å². The number of nitrogens with two attached hydrogens (primary N) is 1. The summed E-state index contributed by atoms with van der Waals surface area (Å²) in [4.78, 5) is 0. The number of halogens is 2. The smallest absolute Gasteiger partial charge is 0.126 e. The van der Waals surface area contributed by atoms with Crippen molar-refractivity contribution in [3.8, 4) is 0 Å². The molecule has 0 fully saturated rings. The lowest BCUT2D eigenvalue weighted by molar-refractivity contribution is 0.570. The van der Waals surface area contributed by atoms with E-state index in [-0.39, 0.29) is 11.6 Å². The van der Waals surface area contributed by atoms with Gasteiger partial charge in [0.1, 0.15) is 11.6 Å². The summed E-state index contributed by atoms with van der Waals surface area (Å²) in [5, 5.41) is 0. The van der Waals surface area contributed by atoms with Crippen LogP contribution >= 0.6 is 0 Å². The van der Waals surface area contributed by atoms with Crippen molar-refractivity contribution in [2.75, 3.05) is 6.54 Å². The van der Waals surface area contributed by atoms with E-state index in [1.807, 2.05) is 0 Å². The monoisotopic (exact) mass is 213 g/mol. The summed E-state index contributed by atoms with van der Waals surface area (Å²) in [6.07, 6.45) is 3.35. The minimum absolute atomic E-state index is 0.304. The van der Waals surface area contributed by atoms with Gasteiger partial charge in [-0.05, 0) is 56.0 Å². The third-order valence-corrected chi connectivity index (χ3v) is 2.48. The molecule has 0 bridgehead atoms. The van der Waals surface area contributed by atoms with Crippen molar-refractivity contribution in [1.29, 1.82) is 0 Å². The molecule has 0 spiro atoms. The Bertz CT molecular complexity index is 324. The summed E-state index contributed by atoms with van der Waals surface area (Å²) in [5.74, 6) is -0.633. The Morgan fingerprint density at radius 1 is 1.07 bits per heavy atom. The Labute approximate surface area is 89.3 Å². The maximum absolute atomic E-state index is 13.3. The van der Waals surface area contributed by atoms with Crippen LogP contribution in [0, 0.1) is 18.6 Å². The molecule has 0 aliphatic rings. The molecule has 1 aromatic carbocycles. The van der Waals surface area contributed by atoms with Gasteiger partial charge in [0.05, 0.1) is 0 Å². The summed E-state index contributed by atoms with van der Waals surface area (Å²) in [6, 6.07) is 2.56. The third kappa shape index (κ3) is 3.59. The quantitative estimate of drug-likeness (QED) is 0.748. The average molecular weight is 213 g/mol. The van der Waals surface area contributed by atoms with Gasteiger partial charge in [0.15, 0.2) is 0 Å². The van der Waals surface area contributed by atoms with E-state index in [9.17, 15) is 8.78 Å². The van der Waals surface area contributed by atoms with Crippen LogP contribution < -0.4 is 5.73 Å². The van der Waals surface area contributed by atoms with Gasteiger partial charge in [0.25, 0.3) is 0 Å². The highest BCUT2D eigenvalue weighted by molar-refractivity contribution is 5.25. The average Bonchev–Trinajstić information content (AvgIpc) is 2.20. The van der Waals surface area contributed by atoms with E-state index >= 15 is 0 Å². The van der Waals surface area contributed by atoms with Gasteiger partial charge in [0, 0.05) is 0 Å². The summed E-state index contributed by atoms with van der Waals surface area (Å²) in [6.45, 7) is 2.22. The molecule has 0 heterocycles. The zero-order valence-corrected chi connectivity index (χ0v) is 9.02. The molecule has 2 N–H and O–H groups in total. The molecule has 1 aromatic rings. The van der Waals surface area contributed by atoms with Crippen molar-refractivity contribution in [2.45, 2.75) is 32.6 Å². The molecule has 0 radical (unpaired) electrons. The summed E-state index contributed by atoms with van der Waals surface area (Å²) >= 11 is 0. The SMILES string of the molecule is Cc1cc(F)c(CCCCCN)cc1F.